The van der Waals surface area contributed by atoms with Gasteiger partial charge in [0.2, 0.25) is 0 Å². The van der Waals surface area contributed by atoms with Crippen molar-refractivity contribution in [2.45, 2.75) is 172 Å². The van der Waals surface area contributed by atoms with Crippen molar-refractivity contribution in [3.63, 3.8) is 0 Å². The highest BCUT2D eigenvalue weighted by Crippen LogP contribution is 2.35. The normalized spacial score (nSPS) is 33.3. The number of methoxy groups -OCH3 is 1. The molecule has 6 fully saturated rings. The molecule has 0 aromatic rings. The first-order chi connectivity index (χ1) is 61.5. The highest BCUT2D eigenvalue weighted by Gasteiger charge is 2.53. The fourth-order valence-electron chi connectivity index (χ4n) is 15.6. The standard InChI is InChI=1S/C75H128N6O49/c1-3-121-74-72(114)62(104)36(40(22-82)129-74)24-117-29-45-64(106)61(103)39(43(126-45)34-123-59(101)21-81(19-57(98)99)11-7-77(13-51(86)87)5-9-79(16-54(92)93)17-55(94)95)27-120-32-48-68(110)71(113)69(111)49(128-48)35-124-75-73(115)63(105)37(41(23-83)130-75)25-118-30-46-65(107)60(102)38(26-119-31-47-67(109)70(112)66(108)44(127-47)28-116-2)42(125-46)33-122-58(100)20-80(18-56(96)97)10-6-76(12-50(84)85)4-8-78(14-52(88)89)15-53(90)91/h36-49,51,60-75,82-83,86-87,102-115H,3-35H2,1-2H3,(H,84,85)(H,88,89)(H,90,91)(H,92,93)(H,94,95)(H,96,97)(H,98,99)/t36?,37?,38?,39?,40?,41?,42?,43?,44?,45?,46?,47?,48?,49?,60-,61-,62-,63-,64-,65-,66?,67-,68-,69?,70-,71+,72+,73+,74?,75?/m1/s1. The molecule has 752 valence electrons. The van der Waals surface area contributed by atoms with Crippen molar-refractivity contribution in [1.82, 2.24) is 29.4 Å². The second-order valence-electron chi connectivity index (χ2n) is 32.2. The molecule has 55 nitrogen and oxygen atoms in total. The minimum atomic E-state index is -2.05. The topological polar surface area (TPSA) is 817 Å². The van der Waals surface area contributed by atoms with Gasteiger partial charge in [-0.2, -0.15) is 0 Å². The van der Waals surface area contributed by atoms with Crippen LogP contribution in [0, 0.1) is 23.7 Å². The number of hydrogen-bond acceptors (Lipinski definition) is 48. The molecule has 0 bridgehead atoms. The molecule has 0 saturated carbocycles. The van der Waals surface area contributed by atoms with E-state index in [1.165, 1.54) is 16.9 Å². The lowest BCUT2D eigenvalue weighted by Crippen LogP contribution is -2.62. The fraction of sp³-hybridized carbons (Fsp3) is 0.880. The number of aliphatic hydroxyl groups excluding tert-OH is 17. The molecule has 0 aromatic carbocycles. The molecule has 6 aliphatic heterocycles. The second kappa shape index (κ2) is 56.3. The van der Waals surface area contributed by atoms with Gasteiger partial charge in [0.15, 0.2) is 18.9 Å². The van der Waals surface area contributed by atoms with E-state index in [9.17, 15) is 171 Å². The van der Waals surface area contributed by atoms with Gasteiger partial charge in [0.25, 0.3) is 0 Å². The molecular weight excluding hydrogens is 1770 g/mol. The molecule has 0 aliphatic carbocycles. The van der Waals surface area contributed by atoms with Crippen molar-refractivity contribution in [3.05, 3.63) is 0 Å². The SMILES string of the molecule is CCOC1OC(CO)C(COCC2OC(COC(=O)CN(CCN(CCN(CC(=O)O)CC(=O)O)CC(O)O)CC(=O)O)C(COCC3OC(COC4OC(CO)C(COCC5OC(COC(=O)CN(CCN(CCN(CC(=O)O)CC(=O)O)CC(=O)O)CC(=O)O)C(COCC6OC(COC)C(O)[C@@H](O)[C@@H]6O)[C@@H](O)[C@@H]5O)[C@@H](O)[C@@H]4O)C(O)[C@@H](O)[C@@H]3O)[C@@H](O)[C@@H]2O)[C@@H](O)[C@@H]1O. The summed E-state index contributed by atoms with van der Waals surface area (Å²) in [5.74, 6) is -17.3. The van der Waals surface area contributed by atoms with Crippen LogP contribution >= 0.6 is 0 Å². The molecule has 6 rings (SSSR count). The zero-order valence-electron chi connectivity index (χ0n) is 71.4. The lowest BCUT2D eigenvalue weighted by Gasteiger charge is -2.45. The summed E-state index contributed by atoms with van der Waals surface area (Å²) in [6.45, 7) is -16.8. The zero-order valence-corrected chi connectivity index (χ0v) is 71.4. The van der Waals surface area contributed by atoms with Gasteiger partial charge in [0.05, 0.1) is 187 Å². The van der Waals surface area contributed by atoms with E-state index in [-0.39, 0.29) is 65.6 Å². The first-order valence-corrected chi connectivity index (χ1v) is 41.7. The van der Waals surface area contributed by atoms with E-state index in [2.05, 4.69) is 0 Å². The number of hydrogen-bond donors (Lipinski definition) is 25. The van der Waals surface area contributed by atoms with Crippen LogP contribution in [0.1, 0.15) is 6.92 Å². The van der Waals surface area contributed by atoms with Crippen LogP contribution in [0.15, 0.2) is 0 Å². The van der Waals surface area contributed by atoms with E-state index in [1.54, 1.807) is 6.92 Å². The number of carboxylic acids is 7. The van der Waals surface area contributed by atoms with Crippen molar-refractivity contribution in [3.8, 4) is 0 Å². The predicted molar refractivity (Wildman–Crippen MR) is 419 cm³/mol. The third-order valence-electron chi connectivity index (χ3n) is 22.5. The summed E-state index contributed by atoms with van der Waals surface area (Å²) in [6.07, 6.45) is -45.3. The van der Waals surface area contributed by atoms with E-state index in [0.29, 0.717) is 0 Å². The van der Waals surface area contributed by atoms with Crippen LogP contribution in [0.3, 0.4) is 0 Å². The fourth-order valence-corrected chi connectivity index (χ4v) is 15.6. The summed E-state index contributed by atoms with van der Waals surface area (Å²) in [5.41, 5.74) is 0. The van der Waals surface area contributed by atoms with Crippen molar-refractivity contribution >= 4 is 53.7 Å². The largest absolute Gasteiger partial charge is 0.480 e. The van der Waals surface area contributed by atoms with Crippen molar-refractivity contribution < 1.29 is 242 Å². The molecule has 0 spiro atoms. The lowest BCUT2D eigenvalue weighted by molar-refractivity contribution is -0.311. The van der Waals surface area contributed by atoms with Gasteiger partial charge in [-0.3, -0.25) is 72.6 Å². The van der Waals surface area contributed by atoms with Crippen LogP contribution in [-0.4, -0.2) is 600 Å². The lowest BCUT2D eigenvalue weighted by atomic mass is 9.87. The summed E-state index contributed by atoms with van der Waals surface area (Å²) in [7, 11) is 1.28. The van der Waals surface area contributed by atoms with Crippen LogP contribution < -0.4 is 0 Å². The number of carbonyl (C=O) groups is 9. The molecular formula is C75H128N6O49. The second-order valence-corrected chi connectivity index (χ2v) is 32.2. The number of aliphatic carboxylic acids is 7. The first kappa shape index (κ1) is 112. The van der Waals surface area contributed by atoms with E-state index < -0.39 is 394 Å². The molecule has 25 N–H and O–H groups in total. The van der Waals surface area contributed by atoms with E-state index in [4.69, 9.17) is 71.1 Å². The van der Waals surface area contributed by atoms with Gasteiger partial charge in [-0.15, -0.1) is 0 Å². The van der Waals surface area contributed by atoms with Gasteiger partial charge >= 0.3 is 53.7 Å². The quantitative estimate of drug-likeness (QED) is 0.0199. The molecule has 55 heteroatoms. The van der Waals surface area contributed by atoms with Gasteiger partial charge in [0, 0.05) is 96.3 Å². The van der Waals surface area contributed by atoms with Crippen LogP contribution in [0.2, 0.25) is 0 Å². The van der Waals surface area contributed by atoms with E-state index in [1.807, 2.05) is 0 Å². The molecule has 6 saturated heterocycles. The molecule has 30 atom stereocenters. The molecule has 6 aliphatic rings. The Bertz CT molecular complexity index is 3380. The average Bonchev–Trinajstić information content (AvgIpc) is 0.803. The average molecular weight is 1900 g/mol. The van der Waals surface area contributed by atoms with Gasteiger partial charge < -0.3 is 199 Å². The number of carboxylic acid groups (broad SMARTS) is 7. The number of carbonyl (C=O) groups excluding carboxylic acids is 2. The van der Waals surface area contributed by atoms with Crippen LogP contribution in [0.25, 0.3) is 0 Å². The Morgan fingerprint density at radius 3 is 0.831 bits per heavy atom. The van der Waals surface area contributed by atoms with Crippen LogP contribution in [0.4, 0.5) is 0 Å². The summed E-state index contributed by atoms with van der Waals surface area (Å²) in [4.78, 5) is 116. The molecule has 130 heavy (non-hydrogen) atoms. The Morgan fingerprint density at radius 1 is 0.277 bits per heavy atom. The van der Waals surface area contributed by atoms with Crippen LogP contribution in [-0.2, 0) is 114 Å². The number of esters is 2. The maximum atomic E-state index is 13.7. The smallest absolute Gasteiger partial charge is 0.320 e. The minimum Gasteiger partial charge on any atom is -0.480 e. The van der Waals surface area contributed by atoms with Gasteiger partial charge in [-0.05, 0) is 6.92 Å². The monoisotopic (exact) mass is 1900 g/mol. The summed E-state index contributed by atoms with van der Waals surface area (Å²) in [5, 5.41) is 264. The van der Waals surface area contributed by atoms with Gasteiger partial charge in [-0.1, -0.05) is 0 Å². The number of nitrogens with zero attached hydrogens (tertiary/aromatic N) is 6. The maximum Gasteiger partial charge on any atom is 0.320 e. The molecule has 18 unspecified atom stereocenters. The van der Waals surface area contributed by atoms with Crippen LogP contribution in [0.5, 0.6) is 0 Å². The van der Waals surface area contributed by atoms with Gasteiger partial charge in [-0.25, -0.2) is 0 Å². The third-order valence-corrected chi connectivity index (χ3v) is 22.5. The maximum absolute atomic E-state index is 13.7. The third kappa shape index (κ3) is 35.8. The highest BCUT2D eigenvalue weighted by molar-refractivity contribution is 5.75. The Labute approximate surface area is 742 Å². The summed E-state index contributed by atoms with van der Waals surface area (Å²) in [6, 6.07) is 0. The van der Waals surface area contributed by atoms with E-state index in [0.717, 1.165) is 19.6 Å². The minimum absolute atomic E-state index is 0.0610. The Kier molecular flexibility index (Phi) is 48.7. The number of ether oxygens (including phenoxy) is 15. The zero-order chi connectivity index (χ0) is 96.5. The van der Waals surface area contributed by atoms with Crippen molar-refractivity contribution in [2.75, 3.05) is 224 Å². The predicted octanol–water partition coefficient (Wildman–Crippen LogP) is -16.4. The molecule has 0 aromatic heterocycles. The first-order valence-electron chi connectivity index (χ1n) is 41.7. The number of rotatable bonds is 61. The Balaban J connectivity index is 1.11. The summed E-state index contributed by atoms with van der Waals surface area (Å²) < 4.78 is 86.1. The Hall–Kier alpha value is -6.25. The molecule has 6 heterocycles. The van der Waals surface area contributed by atoms with E-state index >= 15 is 0 Å². The Morgan fingerprint density at radius 2 is 0.531 bits per heavy atom. The summed E-state index contributed by atoms with van der Waals surface area (Å²) >= 11 is 0. The molecule has 0 radical (unpaired) electrons. The molecule has 0 amide bonds. The highest BCUT2D eigenvalue weighted by atomic mass is 16.7. The van der Waals surface area contributed by atoms with Crippen molar-refractivity contribution in [1.29, 1.82) is 0 Å². The number of aliphatic hydroxyl groups is 18. The van der Waals surface area contributed by atoms with Crippen molar-refractivity contribution in [2.24, 2.45) is 23.7 Å². The van der Waals surface area contributed by atoms with Gasteiger partial charge in [0.1, 0.15) is 111 Å².